The summed E-state index contributed by atoms with van der Waals surface area (Å²) in [5.74, 6) is -1.11. The minimum absolute atomic E-state index is 0. The normalized spacial score (nSPS) is 9.29. The maximum atomic E-state index is 10.7. The fourth-order valence-electron chi connectivity index (χ4n) is 1.000. The van der Waals surface area contributed by atoms with Gasteiger partial charge in [0.05, 0.1) is 9.95 Å². The van der Waals surface area contributed by atoms with Crippen molar-refractivity contribution < 1.29 is 14.8 Å². The summed E-state index contributed by atoms with van der Waals surface area (Å²) in [4.78, 5) is 20.4. The molecule has 0 atom stereocenters. The van der Waals surface area contributed by atoms with Crippen molar-refractivity contribution in [1.29, 1.82) is 0 Å². The number of carboxylic acids is 1. The summed E-state index contributed by atoms with van der Waals surface area (Å²) in [6.45, 7) is -0.408. The first-order chi connectivity index (χ1) is 7.41. The van der Waals surface area contributed by atoms with Crippen molar-refractivity contribution in [3.05, 3.63) is 31.7 Å². The Morgan fingerprint density at radius 1 is 1.59 bits per heavy atom. The van der Waals surface area contributed by atoms with Gasteiger partial charge in [-0.1, -0.05) is 11.6 Å². The molecule has 0 amide bonds. The zero-order valence-electron chi connectivity index (χ0n) is 7.74. The van der Waals surface area contributed by atoms with Crippen LogP contribution >= 0.6 is 27.5 Å². The quantitative estimate of drug-likeness (QED) is 0.498. The van der Waals surface area contributed by atoms with E-state index in [1.54, 1.807) is 0 Å². The van der Waals surface area contributed by atoms with Crippen molar-refractivity contribution in [3.8, 4) is 0 Å². The van der Waals surface area contributed by atoms with E-state index < -0.39 is 17.4 Å². The number of nitro groups is 1. The molecule has 17 heavy (non-hydrogen) atoms. The Morgan fingerprint density at radius 3 is 2.65 bits per heavy atom. The Labute approximate surface area is 132 Å². The molecule has 0 saturated carbocycles. The summed E-state index contributed by atoms with van der Waals surface area (Å²) in [6.07, 6.45) is 0. The molecule has 0 unspecified atom stereocenters. The number of carbonyl (C=O) groups is 1. The molecule has 2 N–H and O–H groups in total. The van der Waals surface area contributed by atoms with Gasteiger partial charge >= 0.3 is 35.5 Å². The molecule has 1 aromatic rings. The monoisotopic (exact) mass is 332 g/mol. The molecule has 0 bridgehead atoms. The van der Waals surface area contributed by atoms with Crippen molar-refractivity contribution in [2.75, 3.05) is 11.9 Å². The number of hydrogen-bond donors (Lipinski definition) is 2. The Bertz CT molecular complexity index is 457. The predicted molar refractivity (Wildman–Crippen MR) is 69.1 cm³/mol. The molecule has 0 spiro atoms. The zero-order valence-corrected chi connectivity index (χ0v) is 10.1. The van der Waals surface area contributed by atoms with Crippen molar-refractivity contribution in [2.45, 2.75) is 0 Å². The molecule has 1 aromatic carbocycles. The van der Waals surface area contributed by atoms with Gasteiger partial charge in [-0.25, -0.2) is 0 Å². The third kappa shape index (κ3) is 4.81. The van der Waals surface area contributed by atoms with Gasteiger partial charge in [-0.15, -0.1) is 0 Å². The van der Waals surface area contributed by atoms with Crippen LogP contribution in [-0.2, 0) is 4.79 Å². The van der Waals surface area contributed by atoms with E-state index in [1.807, 2.05) is 0 Å². The summed E-state index contributed by atoms with van der Waals surface area (Å²) >= 11 is 8.79. The van der Waals surface area contributed by atoms with Gasteiger partial charge in [-0.2, -0.15) is 0 Å². The van der Waals surface area contributed by atoms with Crippen molar-refractivity contribution in [2.24, 2.45) is 0 Å². The first-order valence-electron chi connectivity index (χ1n) is 4.01. The van der Waals surface area contributed by atoms with E-state index >= 15 is 0 Å². The second-order valence-corrected chi connectivity index (χ2v) is 4.05. The van der Waals surface area contributed by atoms with Gasteiger partial charge in [0.2, 0.25) is 0 Å². The average molecular weight is 334 g/mol. The van der Waals surface area contributed by atoms with Gasteiger partial charge in [0, 0.05) is 10.5 Å². The third-order valence-corrected chi connectivity index (χ3v) is 2.86. The van der Waals surface area contributed by atoms with E-state index in [-0.39, 0.29) is 46.0 Å². The number of anilines is 1. The van der Waals surface area contributed by atoms with Gasteiger partial charge in [-0.05, 0) is 22.0 Å². The SMILES string of the molecule is O=C(O)CNc1cc(Br)c(Cl)cc1[N+](=O)[O-].[NaH]. The summed E-state index contributed by atoms with van der Waals surface area (Å²) in [5.41, 5.74) is -0.168. The van der Waals surface area contributed by atoms with Gasteiger partial charge in [0.15, 0.2) is 0 Å². The number of aliphatic carboxylic acids is 1. The number of nitrogens with zero attached hydrogens (tertiary/aromatic N) is 1. The van der Waals surface area contributed by atoms with E-state index in [0.717, 1.165) is 6.07 Å². The first kappa shape index (κ1) is 16.7. The number of carboxylic acid groups (broad SMARTS) is 1. The van der Waals surface area contributed by atoms with Crippen molar-refractivity contribution in [1.82, 2.24) is 0 Å². The number of nitro benzene ring substituents is 1. The summed E-state index contributed by atoms with van der Waals surface area (Å²) in [6, 6.07) is 2.51. The topological polar surface area (TPSA) is 92.5 Å². The molecule has 88 valence electrons. The summed E-state index contributed by atoms with van der Waals surface area (Å²) < 4.78 is 0.452. The third-order valence-electron chi connectivity index (χ3n) is 1.67. The maximum absolute atomic E-state index is 10.7. The Balaban J connectivity index is 0.00000256. The fraction of sp³-hybridized carbons (Fsp3) is 0.125. The van der Waals surface area contributed by atoms with Gasteiger partial charge in [-0.3, -0.25) is 14.9 Å². The molecule has 0 aromatic heterocycles. The standard InChI is InChI=1S/C8H6BrClN2O4.Na.H/c9-4-1-6(11-3-8(13)14)7(12(15)16)2-5(4)10;;/h1-2,11H,3H2,(H,13,14);;. The fourth-order valence-corrected chi connectivity index (χ4v) is 1.50. The van der Waals surface area contributed by atoms with Crippen LogP contribution < -0.4 is 5.32 Å². The van der Waals surface area contributed by atoms with Crippen LogP contribution in [0.5, 0.6) is 0 Å². The molecule has 0 aliphatic rings. The van der Waals surface area contributed by atoms with Crippen LogP contribution in [0.1, 0.15) is 0 Å². The molecule has 0 aliphatic heterocycles. The molecular formula is C8H7BrClN2NaO4. The molecule has 0 fully saturated rings. The first-order valence-corrected chi connectivity index (χ1v) is 5.18. The van der Waals surface area contributed by atoms with Gasteiger partial charge in [0.1, 0.15) is 12.2 Å². The molecule has 1 rings (SSSR count). The van der Waals surface area contributed by atoms with Crippen LogP contribution in [0.3, 0.4) is 0 Å². The number of halogens is 2. The van der Waals surface area contributed by atoms with E-state index in [2.05, 4.69) is 21.2 Å². The van der Waals surface area contributed by atoms with Crippen LogP contribution in [0.2, 0.25) is 5.02 Å². The molecule has 9 heteroatoms. The van der Waals surface area contributed by atoms with Crippen LogP contribution in [0.4, 0.5) is 11.4 Å². The molecule has 0 aliphatic carbocycles. The average Bonchev–Trinajstić information content (AvgIpc) is 2.18. The minimum atomic E-state index is -1.11. The van der Waals surface area contributed by atoms with Crippen LogP contribution in [0.25, 0.3) is 0 Å². The van der Waals surface area contributed by atoms with E-state index in [4.69, 9.17) is 16.7 Å². The van der Waals surface area contributed by atoms with Crippen LogP contribution in [-0.4, -0.2) is 52.1 Å². The molecule has 0 saturated heterocycles. The molecule has 0 radical (unpaired) electrons. The van der Waals surface area contributed by atoms with Gasteiger partial charge in [0.25, 0.3) is 5.69 Å². The van der Waals surface area contributed by atoms with E-state index in [9.17, 15) is 14.9 Å². The van der Waals surface area contributed by atoms with Crippen molar-refractivity contribution in [3.63, 3.8) is 0 Å². The second-order valence-electron chi connectivity index (χ2n) is 2.79. The van der Waals surface area contributed by atoms with Gasteiger partial charge < -0.3 is 10.4 Å². The van der Waals surface area contributed by atoms with E-state index in [0.29, 0.717) is 4.47 Å². The summed E-state index contributed by atoms with van der Waals surface area (Å²) in [5, 5.41) is 21.8. The van der Waals surface area contributed by atoms with Crippen LogP contribution in [0, 0.1) is 10.1 Å². The number of nitrogens with one attached hydrogen (secondary N) is 1. The Kier molecular flexibility index (Phi) is 7.03. The molecular weight excluding hydrogens is 326 g/mol. The molecule has 6 nitrogen and oxygen atoms in total. The Morgan fingerprint density at radius 2 is 2.18 bits per heavy atom. The molecule has 0 heterocycles. The number of hydrogen-bond acceptors (Lipinski definition) is 4. The Hall–Kier alpha value is -0.340. The number of benzene rings is 1. The zero-order chi connectivity index (χ0) is 12.3. The predicted octanol–water partition coefficient (Wildman–Crippen LogP) is 1.86. The number of rotatable bonds is 4. The summed E-state index contributed by atoms with van der Waals surface area (Å²) in [7, 11) is 0. The van der Waals surface area contributed by atoms with Crippen molar-refractivity contribution >= 4 is 74.4 Å². The van der Waals surface area contributed by atoms with Crippen LogP contribution in [0.15, 0.2) is 16.6 Å². The van der Waals surface area contributed by atoms with E-state index in [1.165, 1.54) is 6.07 Å². The second kappa shape index (κ2) is 7.17.